The molecule has 1 aromatic carbocycles. The lowest BCUT2D eigenvalue weighted by atomic mass is 10.1. The van der Waals surface area contributed by atoms with E-state index in [4.69, 9.17) is 5.84 Å². The molecular formula is C15H17FN4O. The van der Waals surface area contributed by atoms with Crippen LogP contribution in [0.4, 0.5) is 15.9 Å². The molecule has 2 rings (SSSR count). The van der Waals surface area contributed by atoms with Crippen molar-refractivity contribution >= 4 is 17.4 Å². The number of carbonyl (C=O) groups excluding carboxylic acids is 1. The molecule has 1 aromatic heterocycles. The van der Waals surface area contributed by atoms with Crippen LogP contribution in [-0.4, -0.2) is 17.9 Å². The zero-order chi connectivity index (χ0) is 15.4. The van der Waals surface area contributed by atoms with Crippen LogP contribution in [-0.2, 0) is 6.42 Å². The van der Waals surface area contributed by atoms with Gasteiger partial charge in [-0.3, -0.25) is 4.79 Å². The van der Waals surface area contributed by atoms with Crippen molar-refractivity contribution in [1.29, 1.82) is 0 Å². The summed E-state index contributed by atoms with van der Waals surface area (Å²) in [5, 5.41) is 0. The number of anilines is 2. The summed E-state index contributed by atoms with van der Waals surface area (Å²) in [4.78, 5) is 18.0. The standard InChI is InChI=1S/C15H17FN4O/c1-3-11-8-10(9-14(18-11)19-17)15(21)20(2)13-7-5-4-6-12(13)16/h4-9H,3,17H2,1-2H3,(H,18,19). The molecule has 0 fully saturated rings. The number of halogens is 1. The van der Waals surface area contributed by atoms with Crippen LogP contribution >= 0.6 is 0 Å². The van der Waals surface area contributed by atoms with Crippen LogP contribution < -0.4 is 16.2 Å². The van der Waals surface area contributed by atoms with Gasteiger partial charge in [0.25, 0.3) is 5.91 Å². The average Bonchev–Trinajstić information content (AvgIpc) is 2.53. The predicted molar refractivity (Wildman–Crippen MR) is 80.6 cm³/mol. The maximum Gasteiger partial charge on any atom is 0.258 e. The van der Waals surface area contributed by atoms with Crippen LogP contribution in [0, 0.1) is 5.82 Å². The summed E-state index contributed by atoms with van der Waals surface area (Å²) in [6, 6.07) is 9.35. The number of nitrogens with zero attached hydrogens (tertiary/aromatic N) is 2. The van der Waals surface area contributed by atoms with E-state index in [1.165, 1.54) is 18.0 Å². The SMILES string of the molecule is CCc1cc(C(=O)N(C)c2ccccc2F)cc(NN)n1. The highest BCUT2D eigenvalue weighted by molar-refractivity contribution is 6.06. The number of rotatable bonds is 4. The minimum atomic E-state index is -0.449. The van der Waals surface area contributed by atoms with Crippen molar-refractivity contribution in [3.63, 3.8) is 0 Å². The van der Waals surface area contributed by atoms with Crippen molar-refractivity contribution in [2.45, 2.75) is 13.3 Å². The molecule has 5 nitrogen and oxygen atoms in total. The van der Waals surface area contributed by atoms with Gasteiger partial charge < -0.3 is 10.3 Å². The molecule has 21 heavy (non-hydrogen) atoms. The fraction of sp³-hybridized carbons (Fsp3) is 0.200. The molecule has 1 amide bonds. The lowest BCUT2D eigenvalue weighted by molar-refractivity contribution is 0.0992. The first-order valence-corrected chi connectivity index (χ1v) is 6.57. The van der Waals surface area contributed by atoms with Crippen LogP contribution in [0.3, 0.4) is 0 Å². The highest BCUT2D eigenvalue weighted by Gasteiger charge is 2.17. The quantitative estimate of drug-likeness (QED) is 0.669. The number of nitrogens with two attached hydrogens (primary N) is 1. The number of aryl methyl sites for hydroxylation is 1. The fourth-order valence-electron chi connectivity index (χ4n) is 1.99. The molecule has 0 aliphatic carbocycles. The van der Waals surface area contributed by atoms with E-state index in [1.54, 1.807) is 30.3 Å². The second-order valence-corrected chi connectivity index (χ2v) is 4.55. The van der Waals surface area contributed by atoms with Gasteiger partial charge in [-0.25, -0.2) is 15.2 Å². The van der Waals surface area contributed by atoms with Gasteiger partial charge in [-0.1, -0.05) is 19.1 Å². The van der Waals surface area contributed by atoms with E-state index in [0.29, 0.717) is 17.8 Å². The number of hydrogen-bond acceptors (Lipinski definition) is 4. The minimum Gasteiger partial charge on any atom is -0.309 e. The first kappa shape index (κ1) is 14.9. The van der Waals surface area contributed by atoms with Gasteiger partial charge in [0.05, 0.1) is 5.69 Å². The van der Waals surface area contributed by atoms with Gasteiger partial charge in [0.1, 0.15) is 11.6 Å². The first-order chi connectivity index (χ1) is 10.1. The highest BCUT2D eigenvalue weighted by Crippen LogP contribution is 2.20. The lowest BCUT2D eigenvalue weighted by Crippen LogP contribution is -2.27. The molecule has 0 spiro atoms. The number of benzene rings is 1. The molecule has 6 heteroatoms. The second kappa shape index (κ2) is 6.32. The second-order valence-electron chi connectivity index (χ2n) is 4.55. The molecule has 0 bridgehead atoms. The monoisotopic (exact) mass is 288 g/mol. The van der Waals surface area contributed by atoms with Crippen LogP contribution in [0.15, 0.2) is 36.4 Å². The van der Waals surface area contributed by atoms with E-state index in [9.17, 15) is 9.18 Å². The van der Waals surface area contributed by atoms with Crippen LogP contribution in [0.5, 0.6) is 0 Å². The van der Waals surface area contributed by atoms with E-state index in [0.717, 1.165) is 5.69 Å². The zero-order valence-electron chi connectivity index (χ0n) is 11.9. The maximum absolute atomic E-state index is 13.8. The van der Waals surface area contributed by atoms with E-state index in [-0.39, 0.29) is 11.6 Å². The van der Waals surface area contributed by atoms with Crippen molar-refractivity contribution in [2.24, 2.45) is 5.84 Å². The molecule has 1 heterocycles. The number of hydrogen-bond donors (Lipinski definition) is 2. The Labute approximate surface area is 122 Å². The number of nitrogen functional groups attached to an aromatic ring is 1. The minimum absolute atomic E-state index is 0.222. The smallest absolute Gasteiger partial charge is 0.258 e. The molecule has 3 N–H and O–H groups in total. The molecule has 0 saturated heterocycles. The Kier molecular flexibility index (Phi) is 4.49. The summed E-state index contributed by atoms with van der Waals surface area (Å²) in [5.41, 5.74) is 3.79. The van der Waals surface area contributed by atoms with Crippen LogP contribution in [0.25, 0.3) is 0 Å². The molecule has 0 saturated carbocycles. The molecule has 0 atom stereocenters. The zero-order valence-corrected chi connectivity index (χ0v) is 11.9. The molecule has 0 radical (unpaired) electrons. The number of carbonyl (C=O) groups is 1. The summed E-state index contributed by atoms with van der Waals surface area (Å²) in [6.07, 6.45) is 0.666. The van der Waals surface area contributed by atoms with Gasteiger partial charge in [0.15, 0.2) is 0 Å². The third kappa shape index (κ3) is 3.17. The Hall–Kier alpha value is -2.47. The highest BCUT2D eigenvalue weighted by atomic mass is 19.1. The predicted octanol–water partition coefficient (Wildman–Crippen LogP) is 2.35. The number of amides is 1. The van der Waals surface area contributed by atoms with Gasteiger partial charge in [0.2, 0.25) is 0 Å². The number of aromatic nitrogens is 1. The molecule has 0 unspecified atom stereocenters. The molecule has 2 aromatic rings. The molecule has 110 valence electrons. The van der Waals surface area contributed by atoms with Crippen LogP contribution in [0.1, 0.15) is 23.0 Å². The third-order valence-electron chi connectivity index (χ3n) is 3.15. The Balaban J connectivity index is 2.37. The van der Waals surface area contributed by atoms with Gasteiger partial charge in [-0.2, -0.15) is 0 Å². The fourth-order valence-corrected chi connectivity index (χ4v) is 1.99. The maximum atomic E-state index is 13.8. The Morgan fingerprint density at radius 3 is 2.71 bits per heavy atom. The molecular weight excluding hydrogens is 271 g/mol. The number of nitrogens with one attached hydrogen (secondary N) is 1. The van der Waals surface area contributed by atoms with Crippen LogP contribution in [0.2, 0.25) is 0 Å². The summed E-state index contributed by atoms with van der Waals surface area (Å²) >= 11 is 0. The average molecular weight is 288 g/mol. The van der Waals surface area contributed by atoms with E-state index >= 15 is 0 Å². The van der Waals surface area contributed by atoms with Gasteiger partial charge >= 0.3 is 0 Å². The van der Waals surface area contributed by atoms with E-state index in [2.05, 4.69) is 10.4 Å². The summed E-state index contributed by atoms with van der Waals surface area (Å²) < 4.78 is 13.8. The number of para-hydroxylation sites is 1. The Morgan fingerprint density at radius 1 is 1.38 bits per heavy atom. The lowest BCUT2D eigenvalue weighted by Gasteiger charge is -2.18. The van der Waals surface area contributed by atoms with Crippen molar-refractivity contribution in [1.82, 2.24) is 4.98 Å². The van der Waals surface area contributed by atoms with Gasteiger partial charge in [-0.05, 0) is 30.7 Å². The van der Waals surface area contributed by atoms with E-state index < -0.39 is 5.82 Å². The number of pyridine rings is 1. The summed E-state index contributed by atoms with van der Waals surface area (Å²) in [7, 11) is 1.53. The molecule has 0 aliphatic heterocycles. The van der Waals surface area contributed by atoms with Crippen molar-refractivity contribution in [2.75, 3.05) is 17.4 Å². The Bertz CT molecular complexity index is 638. The topological polar surface area (TPSA) is 71.2 Å². The van der Waals surface area contributed by atoms with E-state index in [1.807, 2.05) is 6.92 Å². The first-order valence-electron chi connectivity index (χ1n) is 6.57. The number of hydrazine groups is 1. The van der Waals surface area contributed by atoms with Gasteiger partial charge in [-0.15, -0.1) is 0 Å². The molecule has 0 aliphatic rings. The van der Waals surface area contributed by atoms with Gasteiger partial charge in [0, 0.05) is 18.3 Å². The van der Waals surface area contributed by atoms with Crippen molar-refractivity contribution < 1.29 is 9.18 Å². The largest absolute Gasteiger partial charge is 0.309 e. The Morgan fingerprint density at radius 2 is 2.10 bits per heavy atom. The normalized spacial score (nSPS) is 10.3. The van der Waals surface area contributed by atoms with Crippen molar-refractivity contribution in [3.05, 3.63) is 53.5 Å². The summed E-state index contributed by atoms with van der Waals surface area (Å²) in [5.74, 6) is 4.98. The summed E-state index contributed by atoms with van der Waals surface area (Å²) in [6.45, 7) is 1.93. The van der Waals surface area contributed by atoms with Crippen molar-refractivity contribution in [3.8, 4) is 0 Å². The third-order valence-corrected chi connectivity index (χ3v) is 3.15.